The van der Waals surface area contributed by atoms with E-state index in [1.165, 1.54) is 0 Å². The second-order valence-electron chi connectivity index (χ2n) is 2.73. The number of rotatable bonds is 4. The van der Waals surface area contributed by atoms with Crippen LogP contribution in [0, 0.1) is 0 Å². The van der Waals surface area contributed by atoms with Gasteiger partial charge in [-0.1, -0.05) is 33.6 Å². The third kappa shape index (κ3) is 3.65. The first-order valence-corrected chi connectivity index (χ1v) is 5.13. The largest absolute Gasteiger partial charge is 0.480 e. The van der Waals surface area contributed by atoms with Crippen molar-refractivity contribution in [2.45, 2.75) is 6.54 Å². The number of hydrogen-bond acceptors (Lipinski definition) is 2. The Morgan fingerprint density at radius 3 is 2.86 bits per heavy atom. The molecule has 0 aliphatic carbocycles. The maximum Gasteiger partial charge on any atom is 0.317 e. The van der Waals surface area contributed by atoms with E-state index in [0.29, 0.717) is 11.6 Å². The lowest BCUT2D eigenvalue weighted by atomic mass is 10.2. The van der Waals surface area contributed by atoms with Crippen LogP contribution in [0.4, 0.5) is 0 Å². The summed E-state index contributed by atoms with van der Waals surface area (Å²) in [6.07, 6.45) is 0. The highest BCUT2D eigenvalue weighted by Gasteiger charge is 2.01. The first-order chi connectivity index (χ1) is 6.59. The highest BCUT2D eigenvalue weighted by Crippen LogP contribution is 2.21. The molecular weight excluding hydrogens is 269 g/mol. The number of carbonyl (C=O) groups is 1. The van der Waals surface area contributed by atoms with Crippen LogP contribution in [0.15, 0.2) is 22.7 Å². The van der Waals surface area contributed by atoms with Gasteiger partial charge in [-0.15, -0.1) is 0 Å². The summed E-state index contributed by atoms with van der Waals surface area (Å²) >= 11 is 9.10. The molecule has 1 aromatic rings. The topological polar surface area (TPSA) is 49.3 Å². The van der Waals surface area contributed by atoms with Crippen molar-refractivity contribution >= 4 is 33.5 Å². The van der Waals surface area contributed by atoms with Crippen molar-refractivity contribution < 1.29 is 9.90 Å². The van der Waals surface area contributed by atoms with Crippen LogP contribution in [0.5, 0.6) is 0 Å². The van der Waals surface area contributed by atoms with Gasteiger partial charge >= 0.3 is 5.97 Å². The van der Waals surface area contributed by atoms with Crippen LogP contribution in [0.3, 0.4) is 0 Å². The van der Waals surface area contributed by atoms with Gasteiger partial charge in [0.2, 0.25) is 0 Å². The minimum absolute atomic E-state index is 0.0466. The minimum atomic E-state index is -0.866. The number of halogens is 2. The summed E-state index contributed by atoms with van der Waals surface area (Å²) in [4.78, 5) is 10.2. The molecule has 0 atom stereocenters. The molecule has 0 bridgehead atoms. The highest BCUT2D eigenvalue weighted by molar-refractivity contribution is 9.10. The first kappa shape index (κ1) is 11.5. The summed E-state index contributed by atoms with van der Waals surface area (Å²) in [5.41, 5.74) is 0.982. The summed E-state index contributed by atoms with van der Waals surface area (Å²) in [6.45, 7) is 0.457. The van der Waals surface area contributed by atoms with E-state index in [4.69, 9.17) is 16.7 Å². The van der Waals surface area contributed by atoms with Gasteiger partial charge < -0.3 is 10.4 Å². The average molecular weight is 279 g/mol. The van der Waals surface area contributed by atoms with E-state index < -0.39 is 5.97 Å². The molecule has 3 nitrogen and oxygen atoms in total. The average Bonchev–Trinajstić information content (AvgIpc) is 2.08. The molecule has 0 spiro atoms. The van der Waals surface area contributed by atoms with Crippen molar-refractivity contribution in [2.24, 2.45) is 0 Å². The summed E-state index contributed by atoms with van der Waals surface area (Å²) in [6, 6.07) is 5.39. The molecular formula is C9H9BrClNO2. The van der Waals surface area contributed by atoms with Gasteiger partial charge in [0.1, 0.15) is 0 Å². The molecule has 2 N–H and O–H groups in total. The summed E-state index contributed by atoms with van der Waals surface area (Å²) in [5, 5.41) is 11.9. The Morgan fingerprint density at radius 1 is 1.57 bits per heavy atom. The number of carboxylic acids is 1. The van der Waals surface area contributed by atoms with Gasteiger partial charge in [-0.05, 0) is 17.7 Å². The third-order valence-corrected chi connectivity index (χ3v) is 2.58. The molecule has 0 saturated heterocycles. The Balaban J connectivity index is 2.55. The smallest absolute Gasteiger partial charge is 0.317 e. The van der Waals surface area contributed by atoms with Crippen molar-refractivity contribution in [1.82, 2.24) is 5.32 Å². The van der Waals surface area contributed by atoms with E-state index in [2.05, 4.69) is 21.2 Å². The zero-order valence-electron chi connectivity index (χ0n) is 7.26. The molecule has 0 aromatic heterocycles. The van der Waals surface area contributed by atoms with E-state index in [0.717, 1.165) is 10.0 Å². The quantitative estimate of drug-likeness (QED) is 0.888. The Hall–Kier alpha value is -0.580. The molecule has 0 radical (unpaired) electrons. The van der Waals surface area contributed by atoms with Gasteiger partial charge in [0, 0.05) is 16.0 Å². The van der Waals surface area contributed by atoms with Crippen molar-refractivity contribution in [1.29, 1.82) is 0 Å². The second kappa shape index (κ2) is 5.34. The van der Waals surface area contributed by atoms with Crippen LogP contribution in [0.25, 0.3) is 0 Å². The Morgan fingerprint density at radius 2 is 2.29 bits per heavy atom. The van der Waals surface area contributed by atoms with Crippen LogP contribution in [-0.4, -0.2) is 17.6 Å². The van der Waals surface area contributed by atoms with Gasteiger partial charge in [-0.2, -0.15) is 0 Å². The predicted octanol–water partition coefficient (Wildman–Crippen LogP) is 2.28. The Kier molecular flexibility index (Phi) is 4.38. The maximum absolute atomic E-state index is 10.2. The first-order valence-electron chi connectivity index (χ1n) is 3.96. The van der Waals surface area contributed by atoms with E-state index in [1.807, 2.05) is 6.07 Å². The number of carboxylic acid groups (broad SMARTS) is 1. The van der Waals surface area contributed by atoms with Gasteiger partial charge in [0.25, 0.3) is 0 Å². The SMILES string of the molecule is O=C(O)CNCc1ccc(Cl)cc1Br. The molecule has 0 aliphatic rings. The molecule has 76 valence electrons. The summed E-state index contributed by atoms with van der Waals surface area (Å²) in [7, 11) is 0. The monoisotopic (exact) mass is 277 g/mol. The van der Waals surface area contributed by atoms with Crippen LogP contribution in [-0.2, 0) is 11.3 Å². The van der Waals surface area contributed by atoms with Gasteiger partial charge in [0.15, 0.2) is 0 Å². The number of hydrogen-bond donors (Lipinski definition) is 2. The van der Waals surface area contributed by atoms with E-state index in [-0.39, 0.29) is 6.54 Å². The van der Waals surface area contributed by atoms with Gasteiger partial charge in [-0.25, -0.2) is 0 Å². The molecule has 0 amide bonds. The fraction of sp³-hybridized carbons (Fsp3) is 0.222. The lowest BCUT2D eigenvalue weighted by molar-refractivity contribution is -0.135. The molecule has 5 heteroatoms. The lowest BCUT2D eigenvalue weighted by Crippen LogP contribution is -2.21. The van der Waals surface area contributed by atoms with Crippen LogP contribution >= 0.6 is 27.5 Å². The van der Waals surface area contributed by atoms with Crippen LogP contribution in [0.1, 0.15) is 5.56 Å². The van der Waals surface area contributed by atoms with E-state index >= 15 is 0 Å². The summed E-state index contributed by atoms with van der Waals surface area (Å²) in [5.74, 6) is -0.866. The highest BCUT2D eigenvalue weighted by atomic mass is 79.9. The van der Waals surface area contributed by atoms with Crippen molar-refractivity contribution in [3.8, 4) is 0 Å². The van der Waals surface area contributed by atoms with Crippen LogP contribution in [0.2, 0.25) is 5.02 Å². The zero-order valence-corrected chi connectivity index (χ0v) is 9.60. The Labute approximate surface area is 95.2 Å². The third-order valence-electron chi connectivity index (χ3n) is 1.61. The molecule has 1 rings (SSSR count). The lowest BCUT2D eigenvalue weighted by Gasteiger charge is -2.04. The zero-order chi connectivity index (χ0) is 10.6. The molecule has 0 heterocycles. The second-order valence-corrected chi connectivity index (χ2v) is 4.02. The normalized spacial score (nSPS) is 10.1. The molecule has 0 fully saturated rings. The fourth-order valence-electron chi connectivity index (χ4n) is 0.969. The van der Waals surface area contributed by atoms with E-state index in [9.17, 15) is 4.79 Å². The molecule has 0 unspecified atom stereocenters. The van der Waals surface area contributed by atoms with E-state index in [1.54, 1.807) is 12.1 Å². The van der Waals surface area contributed by atoms with Crippen LogP contribution < -0.4 is 5.32 Å². The van der Waals surface area contributed by atoms with Gasteiger partial charge in [-0.3, -0.25) is 4.79 Å². The summed E-state index contributed by atoms with van der Waals surface area (Å²) < 4.78 is 0.878. The fourth-order valence-corrected chi connectivity index (χ4v) is 1.79. The standard InChI is InChI=1S/C9H9BrClNO2/c10-8-3-7(11)2-1-6(8)4-12-5-9(13)14/h1-3,12H,4-5H2,(H,13,14). The van der Waals surface area contributed by atoms with Crippen molar-refractivity contribution in [3.63, 3.8) is 0 Å². The number of aliphatic carboxylic acids is 1. The van der Waals surface area contributed by atoms with Crippen molar-refractivity contribution in [3.05, 3.63) is 33.3 Å². The number of nitrogens with one attached hydrogen (secondary N) is 1. The van der Waals surface area contributed by atoms with Crippen molar-refractivity contribution in [2.75, 3.05) is 6.54 Å². The predicted molar refractivity (Wildman–Crippen MR) is 58.5 cm³/mol. The molecule has 0 saturated carbocycles. The Bertz CT molecular complexity index is 344. The van der Waals surface area contributed by atoms with Gasteiger partial charge in [0.05, 0.1) is 6.54 Å². The number of benzene rings is 1. The molecule has 14 heavy (non-hydrogen) atoms. The molecule has 0 aliphatic heterocycles. The molecule has 1 aromatic carbocycles. The maximum atomic E-state index is 10.2. The minimum Gasteiger partial charge on any atom is -0.480 e.